The zero-order valence-corrected chi connectivity index (χ0v) is 13.4. The Balaban J connectivity index is 2.30. The maximum absolute atomic E-state index is 12.6. The third-order valence-corrected chi connectivity index (χ3v) is 4.58. The van der Waals surface area contributed by atoms with Gasteiger partial charge in [-0.3, -0.25) is 0 Å². The lowest BCUT2D eigenvalue weighted by molar-refractivity contribution is -0.151. The summed E-state index contributed by atoms with van der Waals surface area (Å²) in [4.78, 5) is 12.6. The number of rotatable bonds is 5. The molecule has 0 heterocycles. The fraction of sp³-hybridized carbons (Fsp3) is 0.588. The van der Waals surface area contributed by atoms with Crippen LogP contribution in [0, 0.1) is 5.41 Å². The summed E-state index contributed by atoms with van der Waals surface area (Å²) in [7, 11) is 1.64. The van der Waals surface area contributed by atoms with Gasteiger partial charge in [0, 0.05) is 5.69 Å². The first kappa shape index (κ1) is 15.7. The van der Waals surface area contributed by atoms with Crippen molar-refractivity contribution in [2.24, 2.45) is 5.41 Å². The van der Waals surface area contributed by atoms with Gasteiger partial charge in [-0.2, -0.15) is 0 Å². The first-order chi connectivity index (χ1) is 9.95. The number of benzene rings is 1. The number of hydrogen-bond acceptors (Lipinski definition) is 4. The van der Waals surface area contributed by atoms with E-state index in [1.807, 2.05) is 31.2 Å². The molecule has 0 spiro atoms. The molecule has 1 aliphatic carbocycles. The average molecular weight is 291 g/mol. The van der Waals surface area contributed by atoms with Crippen molar-refractivity contribution in [2.75, 3.05) is 19.0 Å². The van der Waals surface area contributed by atoms with Gasteiger partial charge >= 0.3 is 5.97 Å². The van der Waals surface area contributed by atoms with Gasteiger partial charge in [-0.1, -0.05) is 13.8 Å². The maximum Gasteiger partial charge on any atom is 0.332 e. The summed E-state index contributed by atoms with van der Waals surface area (Å²) in [5.41, 5.74) is 0.121. The molecule has 4 nitrogen and oxygen atoms in total. The van der Waals surface area contributed by atoms with Gasteiger partial charge < -0.3 is 14.8 Å². The molecule has 1 atom stereocenters. The summed E-state index contributed by atoms with van der Waals surface area (Å²) >= 11 is 0. The first-order valence-corrected chi connectivity index (χ1v) is 7.54. The molecule has 0 aliphatic heterocycles. The number of anilines is 1. The Hall–Kier alpha value is -1.71. The Kier molecular flexibility index (Phi) is 4.45. The second-order valence-electron chi connectivity index (χ2n) is 6.22. The molecule has 2 rings (SSSR count). The van der Waals surface area contributed by atoms with Gasteiger partial charge in [-0.05, 0) is 55.9 Å². The standard InChI is InChI=1S/C17H25NO3/c1-5-21-15(19)17(12-6-11-16(17,2)3)18-13-7-9-14(20-4)10-8-13/h7-10,18H,5-6,11-12H2,1-4H3. The lowest BCUT2D eigenvalue weighted by Gasteiger charge is -2.40. The van der Waals surface area contributed by atoms with Crippen molar-refractivity contribution < 1.29 is 14.3 Å². The molecule has 0 bridgehead atoms. The van der Waals surface area contributed by atoms with Crippen LogP contribution in [-0.2, 0) is 9.53 Å². The van der Waals surface area contributed by atoms with E-state index in [0.29, 0.717) is 6.61 Å². The highest BCUT2D eigenvalue weighted by atomic mass is 16.5. The highest BCUT2D eigenvalue weighted by molar-refractivity contribution is 5.86. The van der Waals surface area contributed by atoms with Crippen molar-refractivity contribution in [1.82, 2.24) is 0 Å². The molecule has 1 aromatic rings. The highest BCUT2D eigenvalue weighted by Crippen LogP contribution is 2.48. The van der Waals surface area contributed by atoms with Crippen molar-refractivity contribution in [2.45, 2.75) is 45.6 Å². The lowest BCUT2D eigenvalue weighted by Crippen LogP contribution is -2.54. The predicted molar refractivity (Wildman–Crippen MR) is 83.6 cm³/mol. The molecule has 21 heavy (non-hydrogen) atoms. The van der Waals surface area contributed by atoms with Crippen LogP contribution in [-0.4, -0.2) is 25.2 Å². The lowest BCUT2D eigenvalue weighted by atomic mass is 9.74. The smallest absolute Gasteiger partial charge is 0.332 e. The molecular weight excluding hydrogens is 266 g/mol. The molecule has 0 amide bonds. The molecule has 0 saturated heterocycles. The van der Waals surface area contributed by atoms with Crippen molar-refractivity contribution in [3.05, 3.63) is 24.3 Å². The Morgan fingerprint density at radius 3 is 2.38 bits per heavy atom. The van der Waals surface area contributed by atoms with E-state index in [4.69, 9.17) is 9.47 Å². The van der Waals surface area contributed by atoms with E-state index in [1.54, 1.807) is 7.11 Å². The first-order valence-electron chi connectivity index (χ1n) is 7.54. The van der Waals surface area contributed by atoms with Crippen molar-refractivity contribution in [3.63, 3.8) is 0 Å². The molecule has 116 valence electrons. The normalized spacial score (nSPS) is 23.6. The molecule has 0 aromatic heterocycles. The van der Waals surface area contributed by atoms with Crippen LogP contribution in [0.1, 0.15) is 40.0 Å². The predicted octanol–water partition coefficient (Wildman–Crippen LogP) is 3.62. The minimum Gasteiger partial charge on any atom is -0.497 e. The Morgan fingerprint density at radius 2 is 1.90 bits per heavy atom. The number of carbonyl (C=O) groups excluding carboxylic acids is 1. The quantitative estimate of drug-likeness (QED) is 0.842. The van der Waals surface area contributed by atoms with Crippen LogP contribution in [0.25, 0.3) is 0 Å². The molecule has 1 aromatic carbocycles. The van der Waals surface area contributed by atoms with Gasteiger partial charge in [0.2, 0.25) is 0 Å². The van der Waals surface area contributed by atoms with E-state index < -0.39 is 5.54 Å². The van der Waals surface area contributed by atoms with Crippen LogP contribution in [0.5, 0.6) is 5.75 Å². The van der Waals surface area contributed by atoms with Gasteiger partial charge in [0.1, 0.15) is 11.3 Å². The van der Waals surface area contributed by atoms with Gasteiger partial charge in [-0.15, -0.1) is 0 Å². The van der Waals surface area contributed by atoms with Crippen molar-refractivity contribution in [3.8, 4) is 5.75 Å². The number of hydrogen-bond donors (Lipinski definition) is 1. The minimum absolute atomic E-state index is 0.140. The maximum atomic E-state index is 12.6. The second kappa shape index (κ2) is 5.96. The van der Waals surface area contributed by atoms with Crippen LogP contribution >= 0.6 is 0 Å². The molecule has 1 saturated carbocycles. The van der Waals surface area contributed by atoms with E-state index in [0.717, 1.165) is 30.7 Å². The van der Waals surface area contributed by atoms with Gasteiger partial charge in [0.15, 0.2) is 0 Å². The van der Waals surface area contributed by atoms with Crippen LogP contribution in [0.3, 0.4) is 0 Å². The number of methoxy groups -OCH3 is 1. The fourth-order valence-corrected chi connectivity index (χ4v) is 3.18. The van der Waals surface area contributed by atoms with Crippen LogP contribution in [0.4, 0.5) is 5.69 Å². The summed E-state index contributed by atoms with van der Waals surface area (Å²) in [6.45, 7) is 6.52. The average Bonchev–Trinajstić information content (AvgIpc) is 2.76. The second-order valence-corrected chi connectivity index (χ2v) is 6.22. The summed E-state index contributed by atoms with van der Waals surface area (Å²) in [5, 5.41) is 3.45. The number of esters is 1. The van der Waals surface area contributed by atoms with Crippen molar-refractivity contribution >= 4 is 11.7 Å². The summed E-state index contributed by atoms with van der Waals surface area (Å²) in [6, 6.07) is 7.66. The Labute approximate surface area is 126 Å². The molecule has 1 N–H and O–H groups in total. The molecule has 0 radical (unpaired) electrons. The van der Waals surface area contributed by atoms with Crippen LogP contribution in [0.2, 0.25) is 0 Å². The number of nitrogens with one attached hydrogen (secondary N) is 1. The van der Waals surface area contributed by atoms with Gasteiger partial charge in [-0.25, -0.2) is 4.79 Å². The van der Waals surface area contributed by atoms with Crippen LogP contribution < -0.4 is 10.1 Å². The summed E-state index contributed by atoms with van der Waals surface area (Å²) < 4.78 is 10.5. The van der Waals surface area contributed by atoms with E-state index in [1.165, 1.54) is 0 Å². The van der Waals surface area contributed by atoms with Gasteiger partial charge in [0.25, 0.3) is 0 Å². The van der Waals surface area contributed by atoms with Crippen LogP contribution in [0.15, 0.2) is 24.3 Å². The van der Waals surface area contributed by atoms with E-state index >= 15 is 0 Å². The van der Waals surface area contributed by atoms with E-state index in [2.05, 4.69) is 19.2 Å². The van der Waals surface area contributed by atoms with Gasteiger partial charge in [0.05, 0.1) is 13.7 Å². The molecule has 4 heteroatoms. The largest absolute Gasteiger partial charge is 0.497 e. The molecule has 1 fully saturated rings. The minimum atomic E-state index is -0.655. The zero-order chi connectivity index (χ0) is 15.5. The zero-order valence-electron chi connectivity index (χ0n) is 13.4. The van der Waals surface area contributed by atoms with Crippen molar-refractivity contribution in [1.29, 1.82) is 0 Å². The monoisotopic (exact) mass is 291 g/mol. The molecule has 1 unspecified atom stereocenters. The SMILES string of the molecule is CCOC(=O)C1(Nc2ccc(OC)cc2)CCCC1(C)C. The summed E-state index contributed by atoms with van der Waals surface area (Å²) in [5.74, 6) is 0.653. The number of ether oxygens (including phenoxy) is 2. The highest BCUT2D eigenvalue weighted by Gasteiger charge is 2.55. The summed E-state index contributed by atoms with van der Waals surface area (Å²) in [6.07, 6.45) is 2.83. The molecular formula is C17H25NO3. The van der Waals surface area contributed by atoms with E-state index in [9.17, 15) is 4.79 Å². The third kappa shape index (κ3) is 2.85. The number of carbonyl (C=O) groups is 1. The van der Waals surface area contributed by atoms with E-state index in [-0.39, 0.29) is 11.4 Å². The Bertz CT molecular complexity index is 495. The Morgan fingerprint density at radius 1 is 1.24 bits per heavy atom. The fourth-order valence-electron chi connectivity index (χ4n) is 3.18. The topological polar surface area (TPSA) is 47.6 Å². The third-order valence-electron chi connectivity index (χ3n) is 4.58. The molecule has 1 aliphatic rings.